The Kier molecular flexibility index (Phi) is 6.35. The molecule has 10 heteroatoms. The predicted molar refractivity (Wildman–Crippen MR) is 91.7 cm³/mol. The fraction of sp³-hybridized carbons (Fsp3) is 0.375. The van der Waals surface area contributed by atoms with Crippen LogP contribution >= 0.6 is 0 Å². The first-order valence-electron chi connectivity index (χ1n) is 7.71. The largest absolute Gasteiger partial charge is 0.466 e. The van der Waals surface area contributed by atoms with Gasteiger partial charge >= 0.3 is 11.9 Å². The highest BCUT2D eigenvalue weighted by atomic mass is 32.2. The van der Waals surface area contributed by atoms with Crippen molar-refractivity contribution in [1.29, 1.82) is 0 Å². The molecule has 0 unspecified atom stereocenters. The molecular weight excluding hydrogens is 364 g/mol. The van der Waals surface area contributed by atoms with Crippen LogP contribution < -0.4 is 9.62 Å². The highest BCUT2D eigenvalue weighted by Crippen LogP contribution is 2.31. The van der Waals surface area contributed by atoms with Crippen molar-refractivity contribution in [3.63, 3.8) is 0 Å². The number of sulfonamides is 1. The minimum atomic E-state index is -3.83. The molecule has 0 bridgehead atoms. The van der Waals surface area contributed by atoms with Crippen LogP contribution in [-0.4, -0.2) is 54.5 Å². The monoisotopic (exact) mass is 384 g/mol. The van der Waals surface area contributed by atoms with E-state index >= 15 is 0 Å². The first-order chi connectivity index (χ1) is 12.4. The van der Waals surface area contributed by atoms with E-state index in [9.17, 15) is 18.0 Å². The van der Waals surface area contributed by atoms with Crippen molar-refractivity contribution in [3.05, 3.63) is 35.5 Å². The average Bonchev–Trinajstić information content (AvgIpc) is 2.66. The normalized spacial score (nSPS) is 15.0. The lowest BCUT2D eigenvalue weighted by atomic mass is 10.1. The van der Waals surface area contributed by atoms with Crippen molar-refractivity contribution >= 4 is 27.6 Å². The second-order valence-corrected chi connectivity index (χ2v) is 6.92. The topological polar surface area (TPSA) is 111 Å². The third kappa shape index (κ3) is 3.87. The molecule has 0 atom stereocenters. The molecule has 0 amide bonds. The summed E-state index contributed by atoms with van der Waals surface area (Å²) in [6.07, 6.45) is 0. The van der Waals surface area contributed by atoms with Crippen LogP contribution in [0, 0.1) is 0 Å². The van der Waals surface area contributed by atoms with Gasteiger partial charge in [-0.3, -0.25) is 0 Å². The summed E-state index contributed by atoms with van der Waals surface area (Å²) in [6, 6.07) is 6.08. The maximum atomic E-state index is 12.5. The van der Waals surface area contributed by atoms with E-state index in [2.05, 4.69) is 4.72 Å². The summed E-state index contributed by atoms with van der Waals surface area (Å²) >= 11 is 0. The molecule has 1 aliphatic heterocycles. The third-order valence-corrected chi connectivity index (χ3v) is 5.21. The predicted octanol–water partition coefficient (Wildman–Crippen LogP) is 0.379. The van der Waals surface area contributed by atoms with Gasteiger partial charge in [-0.2, -0.15) is 0 Å². The molecule has 9 nitrogen and oxygen atoms in total. The van der Waals surface area contributed by atoms with Crippen molar-refractivity contribution in [3.8, 4) is 0 Å². The number of nitrogens with zero attached hydrogens (tertiary/aromatic N) is 1. The summed E-state index contributed by atoms with van der Waals surface area (Å²) < 4.78 is 42.3. The van der Waals surface area contributed by atoms with Crippen LogP contribution in [0.4, 0.5) is 5.69 Å². The van der Waals surface area contributed by atoms with Crippen LogP contribution in [0.15, 0.2) is 40.4 Å². The van der Waals surface area contributed by atoms with E-state index in [4.69, 9.17) is 14.2 Å². The number of carbonyl (C=O) groups excluding carboxylic acids is 2. The first kappa shape index (κ1) is 19.9. The van der Waals surface area contributed by atoms with Gasteiger partial charge < -0.3 is 19.1 Å². The number of anilines is 1. The van der Waals surface area contributed by atoms with Crippen LogP contribution in [-0.2, 0) is 33.8 Å². The number of hydrogen-bond donors (Lipinski definition) is 1. The Bertz CT molecular complexity index is 833. The Balaban J connectivity index is 2.67. The summed E-state index contributed by atoms with van der Waals surface area (Å²) in [4.78, 5) is 25.6. The summed E-state index contributed by atoms with van der Waals surface area (Å²) in [7, 11) is -1.49. The van der Waals surface area contributed by atoms with Crippen molar-refractivity contribution in [2.75, 3.05) is 39.0 Å². The number of esters is 2. The van der Waals surface area contributed by atoms with Crippen LogP contribution in [0.2, 0.25) is 0 Å². The maximum absolute atomic E-state index is 12.5. The zero-order valence-electron chi connectivity index (χ0n) is 14.6. The van der Waals surface area contributed by atoms with Gasteiger partial charge in [0.2, 0.25) is 10.0 Å². The second-order valence-electron chi connectivity index (χ2n) is 5.18. The average molecular weight is 384 g/mol. The molecule has 26 heavy (non-hydrogen) atoms. The summed E-state index contributed by atoms with van der Waals surface area (Å²) in [5.74, 6) is -1.56. The Hall–Kier alpha value is -2.43. The van der Waals surface area contributed by atoms with Gasteiger partial charge in [0.1, 0.15) is 17.3 Å². The molecule has 0 spiro atoms. The Labute approximate surface area is 151 Å². The second kappa shape index (κ2) is 8.30. The van der Waals surface area contributed by atoms with Gasteiger partial charge in [0.15, 0.2) is 0 Å². The number of rotatable bonds is 6. The Morgan fingerprint density at radius 1 is 1.19 bits per heavy atom. The number of hydrogen-bond acceptors (Lipinski definition) is 8. The van der Waals surface area contributed by atoms with Crippen LogP contribution in [0.1, 0.15) is 6.92 Å². The van der Waals surface area contributed by atoms with Crippen molar-refractivity contribution in [1.82, 2.24) is 4.72 Å². The summed E-state index contributed by atoms with van der Waals surface area (Å²) in [5, 5.41) is 0. The Morgan fingerprint density at radius 2 is 1.85 bits per heavy atom. The van der Waals surface area contributed by atoms with E-state index in [-0.39, 0.29) is 41.7 Å². The lowest BCUT2D eigenvalue weighted by molar-refractivity contribution is -0.140. The van der Waals surface area contributed by atoms with Gasteiger partial charge in [-0.15, -0.1) is 0 Å². The molecule has 0 aromatic heterocycles. The molecule has 0 radical (unpaired) electrons. The molecule has 0 saturated heterocycles. The number of carbonyl (C=O) groups is 2. The first-order valence-corrected chi connectivity index (χ1v) is 9.19. The summed E-state index contributed by atoms with van der Waals surface area (Å²) in [6.45, 7) is 1.55. The number of para-hydroxylation sites is 1. The number of ether oxygens (including phenoxy) is 3. The smallest absolute Gasteiger partial charge is 0.355 e. The number of methoxy groups -OCH3 is 2. The standard InChI is InChI=1S/C16H20N2O7S/c1-4-17-26(21,22)13-8-6-5-7-12(13)18-10-25-9-11(15(19)23-2)14(18)16(20)24-3/h5-8,17H,4,9-10H2,1-3H3. The molecule has 0 fully saturated rings. The SMILES string of the molecule is CCNS(=O)(=O)c1ccccc1N1COCC(C(=O)OC)=C1C(=O)OC. The van der Waals surface area contributed by atoms with E-state index in [1.165, 1.54) is 31.3 Å². The molecule has 1 N–H and O–H groups in total. The number of benzene rings is 1. The van der Waals surface area contributed by atoms with E-state index in [0.717, 1.165) is 0 Å². The molecule has 0 aliphatic carbocycles. The van der Waals surface area contributed by atoms with E-state index in [0.29, 0.717) is 0 Å². The van der Waals surface area contributed by atoms with Crippen molar-refractivity contribution in [2.24, 2.45) is 0 Å². The molecule has 2 rings (SSSR count). The van der Waals surface area contributed by atoms with Gasteiger partial charge in [0.25, 0.3) is 0 Å². The lowest BCUT2D eigenvalue weighted by Gasteiger charge is -2.32. The van der Waals surface area contributed by atoms with Crippen LogP contribution in [0.5, 0.6) is 0 Å². The molecule has 0 saturated carbocycles. The highest BCUT2D eigenvalue weighted by molar-refractivity contribution is 7.89. The highest BCUT2D eigenvalue weighted by Gasteiger charge is 2.34. The van der Waals surface area contributed by atoms with E-state index in [1.54, 1.807) is 19.1 Å². The van der Waals surface area contributed by atoms with E-state index in [1.807, 2.05) is 0 Å². The molecule has 1 aromatic rings. The third-order valence-electron chi connectivity index (χ3n) is 3.61. The van der Waals surface area contributed by atoms with Gasteiger partial charge in [-0.1, -0.05) is 19.1 Å². The molecule has 1 aromatic carbocycles. The maximum Gasteiger partial charge on any atom is 0.355 e. The molecule has 142 valence electrons. The van der Waals surface area contributed by atoms with Crippen LogP contribution in [0.3, 0.4) is 0 Å². The molecular formula is C16H20N2O7S. The zero-order chi connectivity index (χ0) is 19.3. The zero-order valence-corrected chi connectivity index (χ0v) is 15.5. The van der Waals surface area contributed by atoms with Gasteiger partial charge in [-0.05, 0) is 12.1 Å². The minimum Gasteiger partial charge on any atom is -0.466 e. The minimum absolute atomic E-state index is 0.0544. The van der Waals surface area contributed by atoms with Crippen molar-refractivity contribution < 1.29 is 32.2 Å². The van der Waals surface area contributed by atoms with Crippen molar-refractivity contribution in [2.45, 2.75) is 11.8 Å². The quantitative estimate of drug-likeness (QED) is 0.701. The molecule has 1 heterocycles. The Morgan fingerprint density at radius 3 is 2.46 bits per heavy atom. The van der Waals surface area contributed by atoms with Gasteiger partial charge in [-0.25, -0.2) is 22.7 Å². The summed E-state index contributed by atoms with van der Waals surface area (Å²) in [5.41, 5.74) is 0.000883. The fourth-order valence-electron chi connectivity index (χ4n) is 2.51. The van der Waals surface area contributed by atoms with Gasteiger partial charge in [0, 0.05) is 6.54 Å². The van der Waals surface area contributed by atoms with Crippen LogP contribution in [0.25, 0.3) is 0 Å². The van der Waals surface area contributed by atoms with E-state index < -0.39 is 22.0 Å². The number of nitrogens with one attached hydrogen (secondary N) is 1. The van der Waals surface area contributed by atoms with Gasteiger partial charge in [0.05, 0.1) is 32.1 Å². The lowest BCUT2D eigenvalue weighted by Crippen LogP contribution is -2.39. The fourth-order valence-corrected chi connectivity index (χ4v) is 3.76. The molecule has 1 aliphatic rings.